The molecule has 0 saturated heterocycles. The van der Waals surface area contributed by atoms with Gasteiger partial charge in [-0.05, 0) is 18.2 Å². The summed E-state index contributed by atoms with van der Waals surface area (Å²) in [5.41, 5.74) is 0.627. The minimum absolute atomic E-state index is 0.159. The van der Waals surface area contributed by atoms with Crippen molar-refractivity contribution in [2.75, 3.05) is 39.3 Å². The Labute approximate surface area is 99.9 Å². The van der Waals surface area contributed by atoms with E-state index in [2.05, 4.69) is 0 Å². The first-order valence-electron chi connectivity index (χ1n) is 5.19. The SMILES string of the molecule is COCCOC(=O)c1ccc(N(C)C)c(F)c1. The van der Waals surface area contributed by atoms with Gasteiger partial charge in [-0.15, -0.1) is 0 Å². The van der Waals surface area contributed by atoms with Crippen LogP contribution in [0.4, 0.5) is 10.1 Å². The first kappa shape index (κ1) is 13.4. The normalized spacial score (nSPS) is 10.1. The molecular formula is C12H16FNO3. The van der Waals surface area contributed by atoms with E-state index in [1.54, 1.807) is 25.1 Å². The maximum Gasteiger partial charge on any atom is 0.338 e. The number of methoxy groups -OCH3 is 1. The summed E-state index contributed by atoms with van der Waals surface area (Å²) in [6.07, 6.45) is 0. The van der Waals surface area contributed by atoms with Gasteiger partial charge in [-0.2, -0.15) is 0 Å². The molecule has 0 aliphatic rings. The fourth-order valence-corrected chi connectivity index (χ4v) is 1.30. The summed E-state index contributed by atoms with van der Waals surface area (Å²) in [4.78, 5) is 13.1. The number of nitrogens with zero attached hydrogens (tertiary/aromatic N) is 1. The van der Waals surface area contributed by atoms with Crippen LogP contribution in [0.3, 0.4) is 0 Å². The Kier molecular flexibility index (Phi) is 4.90. The van der Waals surface area contributed by atoms with Crippen LogP contribution in [0.15, 0.2) is 18.2 Å². The van der Waals surface area contributed by atoms with Crippen LogP contribution in [0.25, 0.3) is 0 Å². The number of anilines is 1. The second-order valence-corrected chi connectivity index (χ2v) is 3.69. The highest BCUT2D eigenvalue weighted by atomic mass is 19.1. The van der Waals surface area contributed by atoms with Gasteiger partial charge in [0.25, 0.3) is 0 Å². The second kappa shape index (κ2) is 6.20. The van der Waals surface area contributed by atoms with E-state index in [1.165, 1.54) is 19.2 Å². The van der Waals surface area contributed by atoms with Gasteiger partial charge in [-0.25, -0.2) is 9.18 Å². The summed E-state index contributed by atoms with van der Waals surface area (Å²) in [5, 5.41) is 0. The molecule has 0 amide bonds. The molecule has 4 nitrogen and oxygen atoms in total. The molecule has 0 spiro atoms. The average Bonchev–Trinajstić information content (AvgIpc) is 2.28. The highest BCUT2D eigenvalue weighted by Gasteiger charge is 2.11. The molecule has 0 N–H and O–H groups in total. The van der Waals surface area contributed by atoms with Crippen molar-refractivity contribution in [3.05, 3.63) is 29.6 Å². The van der Waals surface area contributed by atoms with Gasteiger partial charge in [-0.1, -0.05) is 0 Å². The molecule has 0 atom stereocenters. The van der Waals surface area contributed by atoms with Gasteiger partial charge in [-0.3, -0.25) is 0 Å². The number of carbonyl (C=O) groups excluding carboxylic acids is 1. The van der Waals surface area contributed by atoms with Crippen LogP contribution in [-0.2, 0) is 9.47 Å². The summed E-state index contributed by atoms with van der Waals surface area (Å²) in [5.74, 6) is -0.998. The van der Waals surface area contributed by atoms with Crippen molar-refractivity contribution in [3.8, 4) is 0 Å². The zero-order valence-electron chi connectivity index (χ0n) is 10.2. The van der Waals surface area contributed by atoms with E-state index >= 15 is 0 Å². The number of rotatable bonds is 5. The van der Waals surface area contributed by atoms with Crippen LogP contribution in [0.2, 0.25) is 0 Å². The average molecular weight is 241 g/mol. The Morgan fingerprint density at radius 1 is 1.35 bits per heavy atom. The minimum Gasteiger partial charge on any atom is -0.460 e. The summed E-state index contributed by atoms with van der Waals surface area (Å²) < 4.78 is 23.2. The number of ether oxygens (including phenoxy) is 2. The van der Waals surface area contributed by atoms with Gasteiger partial charge in [0.15, 0.2) is 0 Å². The van der Waals surface area contributed by atoms with Crippen LogP contribution in [-0.4, -0.2) is 40.4 Å². The third kappa shape index (κ3) is 3.71. The van der Waals surface area contributed by atoms with E-state index in [9.17, 15) is 9.18 Å². The van der Waals surface area contributed by atoms with E-state index in [-0.39, 0.29) is 12.2 Å². The number of hydrogen-bond acceptors (Lipinski definition) is 4. The summed E-state index contributed by atoms with van der Waals surface area (Å²) in [6, 6.07) is 4.25. The fourth-order valence-electron chi connectivity index (χ4n) is 1.30. The molecule has 1 rings (SSSR count). The Bertz CT molecular complexity index is 393. The number of halogens is 1. The second-order valence-electron chi connectivity index (χ2n) is 3.69. The van der Waals surface area contributed by atoms with Crippen molar-refractivity contribution in [2.45, 2.75) is 0 Å². The molecule has 17 heavy (non-hydrogen) atoms. The van der Waals surface area contributed by atoms with Crippen LogP contribution in [0.5, 0.6) is 0 Å². The van der Waals surface area contributed by atoms with E-state index < -0.39 is 11.8 Å². The first-order valence-corrected chi connectivity index (χ1v) is 5.19. The zero-order chi connectivity index (χ0) is 12.8. The zero-order valence-corrected chi connectivity index (χ0v) is 10.2. The molecule has 0 unspecified atom stereocenters. The molecule has 94 valence electrons. The van der Waals surface area contributed by atoms with Gasteiger partial charge in [0, 0.05) is 21.2 Å². The maximum atomic E-state index is 13.6. The molecule has 0 aromatic heterocycles. The van der Waals surface area contributed by atoms with E-state index in [4.69, 9.17) is 9.47 Å². The van der Waals surface area contributed by atoms with Gasteiger partial charge in [0.1, 0.15) is 12.4 Å². The molecule has 5 heteroatoms. The third-order valence-electron chi connectivity index (χ3n) is 2.19. The summed E-state index contributed by atoms with van der Waals surface area (Å²) in [7, 11) is 4.98. The standard InChI is InChI=1S/C12H16FNO3/c1-14(2)11-5-4-9(8-10(11)13)12(15)17-7-6-16-3/h4-5,8H,6-7H2,1-3H3. The number of benzene rings is 1. The molecule has 1 aromatic carbocycles. The van der Waals surface area contributed by atoms with Gasteiger partial charge in [0.2, 0.25) is 0 Å². The van der Waals surface area contributed by atoms with E-state index in [0.717, 1.165) is 0 Å². The topological polar surface area (TPSA) is 38.8 Å². The highest BCUT2D eigenvalue weighted by Crippen LogP contribution is 2.18. The van der Waals surface area contributed by atoms with Crippen LogP contribution in [0, 0.1) is 5.82 Å². The molecule has 0 aliphatic heterocycles. The van der Waals surface area contributed by atoms with Crippen molar-refractivity contribution >= 4 is 11.7 Å². The van der Waals surface area contributed by atoms with Crippen molar-refractivity contribution in [3.63, 3.8) is 0 Å². The Balaban J connectivity index is 2.72. The molecule has 1 aromatic rings. The lowest BCUT2D eigenvalue weighted by atomic mass is 10.2. The fraction of sp³-hybridized carbons (Fsp3) is 0.417. The summed E-state index contributed by atoms with van der Waals surface area (Å²) in [6.45, 7) is 0.483. The molecule has 0 saturated carbocycles. The predicted octanol–water partition coefficient (Wildman–Crippen LogP) is 1.69. The van der Waals surface area contributed by atoms with Gasteiger partial charge in [0.05, 0.1) is 17.9 Å². The largest absolute Gasteiger partial charge is 0.460 e. The molecule has 0 radical (unpaired) electrons. The van der Waals surface area contributed by atoms with Crippen molar-refractivity contribution < 1.29 is 18.7 Å². The smallest absolute Gasteiger partial charge is 0.338 e. The molecule has 0 bridgehead atoms. The lowest BCUT2D eigenvalue weighted by Gasteiger charge is -2.13. The summed E-state index contributed by atoms with van der Waals surface area (Å²) >= 11 is 0. The monoisotopic (exact) mass is 241 g/mol. The third-order valence-corrected chi connectivity index (χ3v) is 2.19. The van der Waals surface area contributed by atoms with E-state index in [0.29, 0.717) is 12.3 Å². The molecule has 0 fully saturated rings. The Morgan fingerprint density at radius 2 is 2.06 bits per heavy atom. The van der Waals surface area contributed by atoms with Crippen molar-refractivity contribution in [1.29, 1.82) is 0 Å². The van der Waals surface area contributed by atoms with Crippen molar-refractivity contribution in [1.82, 2.24) is 0 Å². The molecule has 0 aliphatic carbocycles. The lowest BCUT2D eigenvalue weighted by molar-refractivity contribution is 0.0387. The van der Waals surface area contributed by atoms with Gasteiger partial charge >= 0.3 is 5.97 Å². The minimum atomic E-state index is -0.550. The first-order chi connectivity index (χ1) is 8.06. The highest BCUT2D eigenvalue weighted by molar-refractivity contribution is 5.89. The molecular weight excluding hydrogens is 225 g/mol. The number of carbonyl (C=O) groups is 1. The maximum absolute atomic E-state index is 13.6. The molecule has 0 heterocycles. The van der Waals surface area contributed by atoms with Crippen LogP contribution in [0.1, 0.15) is 10.4 Å². The van der Waals surface area contributed by atoms with Crippen molar-refractivity contribution in [2.24, 2.45) is 0 Å². The quantitative estimate of drug-likeness (QED) is 0.581. The Hall–Kier alpha value is -1.62. The Morgan fingerprint density at radius 3 is 2.59 bits per heavy atom. The number of hydrogen-bond donors (Lipinski definition) is 0. The van der Waals surface area contributed by atoms with E-state index in [1.807, 2.05) is 0 Å². The van der Waals surface area contributed by atoms with Crippen LogP contribution >= 0.6 is 0 Å². The van der Waals surface area contributed by atoms with Crippen LogP contribution < -0.4 is 4.90 Å². The predicted molar refractivity (Wildman–Crippen MR) is 62.9 cm³/mol. The lowest BCUT2D eigenvalue weighted by Crippen LogP contribution is -2.13. The van der Waals surface area contributed by atoms with Gasteiger partial charge < -0.3 is 14.4 Å². The number of esters is 1.